The van der Waals surface area contributed by atoms with E-state index in [0.29, 0.717) is 6.07 Å². The van der Waals surface area contributed by atoms with Crippen LogP contribution >= 0.6 is 0 Å². The normalized spacial score (nSPS) is 11.7. The van der Waals surface area contributed by atoms with Crippen LogP contribution < -0.4 is 5.32 Å². The molecule has 1 atom stereocenters. The molecule has 1 aromatic carbocycles. The molecule has 0 bridgehead atoms. The summed E-state index contributed by atoms with van der Waals surface area (Å²) >= 11 is 0. The Morgan fingerprint density at radius 3 is 2.37 bits per heavy atom. The van der Waals surface area contributed by atoms with Gasteiger partial charge < -0.3 is 10.4 Å². The van der Waals surface area contributed by atoms with Crippen molar-refractivity contribution in [2.45, 2.75) is 13.0 Å². The second-order valence-electron chi connectivity index (χ2n) is 3.57. The molecule has 0 aliphatic carbocycles. The van der Waals surface area contributed by atoms with Crippen molar-refractivity contribution in [2.75, 3.05) is 0 Å². The maximum atomic E-state index is 13.0. The zero-order valence-electron chi connectivity index (χ0n) is 9.52. The summed E-state index contributed by atoms with van der Waals surface area (Å²) in [7, 11) is 0. The number of carboxylic acid groups (broad SMARTS) is 1. The van der Waals surface area contributed by atoms with E-state index in [1.807, 2.05) is 5.32 Å². The summed E-state index contributed by atoms with van der Waals surface area (Å²) in [5.41, 5.74) is -1.70. The number of rotatable bonds is 4. The summed E-state index contributed by atoms with van der Waals surface area (Å²) in [5.74, 6) is -5.48. The maximum absolute atomic E-state index is 13.0. The Morgan fingerprint density at radius 2 is 1.89 bits per heavy atom. The van der Waals surface area contributed by atoms with Gasteiger partial charge in [0, 0.05) is 0 Å². The van der Waals surface area contributed by atoms with E-state index in [-0.39, 0.29) is 6.07 Å². The van der Waals surface area contributed by atoms with Gasteiger partial charge in [0.2, 0.25) is 0 Å². The fraction of sp³-hybridized carbons (Fsp3) is 0.200. The third-order valence-electron chi connectivity index (χ3n) is 2.20. The van der Waals surface area contributed by atoms with Crippen molar-refractivity contribution in [3.05, 3.63) is 39.4 Å². The molecule has 0 aliphatic heterocycles. The number of halogens is 2. The van der Waals surface area contributed by atoms with Gasteiger partial charge in [0.25, 0.3) is 11.6 Å². The van der Waals surface area contributed by atoms with Crippen LogP contribution in [0.1, 0.15) is 17.3 Å². The van der Waals surface area contributed by atoms with Crippen LogP contribution in [0.4, 0.5) is 14.5 Å². The molecule has 0 aliphatic rings. The Kier molecular flexibility index (Phi) is 4.10. The number of nitrogens with one attached hydrogen (secondary N) is 1. The lowest BCUT2D eigenvalue weighted by Gasteiger charge is -2.09. The Morgan fingerprint density at radius 1 is 1.37 bits per heavy atom. The molecule has 0 aromatic heterocycles. The van der Waals surface area contributed by atoms with Gasteiger partial charge in [-0.05, 0) is 13.0 Å². The number of carboxylic acids is 1. The topological polar surface area (TPSA) is 110 Å². The van der Waals surface area contributed by atoms with Crippen LogP contribution in [0.15, 0.2) is 12.1 Å². The zero-order chi connectivity index (χ0) is 14.7. The first-order valence-electron chi connectivity index (χ1n) is 4.91. The van der Waals surface area contributed by atoms with E-state index in [0.717, 1.165) is 6.92 Å². The first-order chi connectivity index (χ1) is 8.73. The second-order valence-corrected chi connectivity index (χ2v) is 3.57. The van der Waals surface area contributed by atoms with Crippen LogP contribution in [0.2, 0.25) is 0 Å². The summed E-state index contributed by atoms with van der Waals surface area (Å²) in [6, 6.07) is -0.729. The first-order valence-corrected chi connectivity index (χ1v) is 4.91. The van der Waals surface area contributed by atoms with Gasteiger partial charge in [0.15, 0.2) is 11.6 Å². The minimum absolute atomic E-state index is 0.260. The van der Waals surface area contributed by atoms with Gasteiger partial charge in [-0.25, -0.2) is 8.78 Å². The molecular weight excluding hydrogens is 266 g/mol. The molecule has 1 aromatic rings. The number of benzene rings is 1. The van der Waals surface area contributed by atoms with Crippen LogP contribution in [0.5, 0.6) is 0 Å². The number of nitrogens with zero attached hydrogens (tertiary/aromatic N) is 1. The maximum Gasteiger partial charge on any atom is 0.325 e. The van der Waals surface area contributed by atoms with Gasteiger partial charge in [-0.15, -0.1) is 0 Å². The van der Waals surface area contributed by atoms with Gasteiger partial charge in [0.05, 0.1) is 11.0 Å². The smallest absolute Gasteiger partial charge is 0.325 e. The Labute approximate surface area is 105 Å². The van der Waals surface area contributed by atoms with Crippen molar-refractivity contribution < 1.29 is 28.4 Å². The van der Waals surface area contributed by atoms with Crippen molar-refractivity contribution in [2.24, 2.45) is 0 Å². The Bertz CT molecular complexity index is 561. The molecule has 0 spiro atoms. The molecular formula is C10H8F2N2O5. The highest BCUT2D eigenvalue weighted by Gasteiger charge is 2.25. The van der Waals surface area contributed by atoms with Gasteiger partial charge in [-0.2, -0.15) is 0 Å². The lowest BCUT2D eigenvalue weighted by molar-refractivity contribution is -0.385. The third-order valence-corrected chi connectivity index (χ3v) is 2.20. The fourth-order valence-electron chi connectivity index (χ4n) is 1.21. The monoisotopic (exact) mass is 274 g/mol. The minimum Gasteiger partial charge on any atom is -0.480 e. The molecule has 7 nitrogen and oxygen atoms in total. The fourth-order valence-corrected chi connectivity index (χ4v) is 1.21. The van der Waals surface area contributed by atoms with Crippen LogP contribution in [0.3, 0.4) is 0 Å². The Hall–Kier alpha value is -2.58. The number of carbonyl (C=O) groups excluding carboxylic acids is 1. The molecule has 9 heteroatoms. The summed E-state index contributed by atoms with van der Waals surface area (Å²) in [6.07, 6.45) is 0. The lowest BCUT2D eigenvalue weighted by Crippen LogP contribution is -2.38. The molecule has 0 heterocycles. The third kappa shape index (κ3) is 3.21. The summed E-state index contributed by atoms with van der Waals surface area (Å²) in [5, 5.41) is 21.1. The van der Waals surface area contributed by atoms with Crippen molar-refractivity contribution in [1.29, 1.82) is 0 Å². The van der Waals surface area contributed by atoms with E-state index < -0.39 is 45.7 Å². The zero-order valence-corrected chi connectivity index (χ0v) is 9.52. The molecule has 1 rings (SSSR count). The van der Waals surface area contributed by atoms with Crippen LogP contribution in [-0.4, -0.2) is 27.9 Å². The number of nitro groups is 1. The van der Waals surface area contributed by atoms with Gasteiger partial charge in [0.1, 0.15) is 11.6 Å². The second kappa shape index (κ2) is 5.38. The molecule has 0 fully saturated rings. The summed E-state index contributed by atoms with van der Waals surface area (Å²) in [6.45, 7) is 1.12. The number of hydrogen-bond acceptors (Lipinski definition) is 4. The predicted octanol–water partition coefficient (Wildman–Crippen LogP) is 1.08. The van der Waals surface area contributed by atoms with Crippen LogP contribution in [0, 0.1) is 21.7 Å². The van der Waals surface area contributed by atoms with Gasteiger partial charge >= 0.3 is 5.97 Å². The molecule has 0 unspecified atom stereocenters. The van der Waals surface area contributed by atoms with E-state index in [1.54, 1.807) is 0 Å². The summed E-state index contributed by atoms with van der Waals surface area (Å²) in [4.78, 5) is 31.7. The molecule has 0 saturated carbocycles. The first kappa shape index (κ1) is 14.5. The molecule has 2 N–H and O–H groups in total. The quantitative estimate of drug-likeness (QED) is 0.630. The standard InChI is InChI=1S/C10H8F2N2O5/c1-4(10(16)17)13-9(15)5-2-6(11)7(12)3-8(5)14(18)19/h2-4H,1H3,(H,13,15)(H,16,17)/t4-/m0/s1. The number of amides is 1. The molecule has 102 valence electrons. The average molecular weight is 274 g/mol. The predicted molar refractivity (Wildman–Crippen MR) is 57.6 cm³/mol. The number of carbonyl (C=O) groups is 2. The number of hydrogen-bond donors (Lipinski definition) is 2. The molecule has 1 amide bonds. The van der Waals surface area contributed by atoms with Crippen LogP contribution in [0.25, 0.3) is 0 Å². The van der Waals surface area contributed by atoms with Crippen molar-refractivity contribution in [3.8, 4) is 0 Å². The SMILES string of the molecule is C[C@H](NC(=O)c1cc(F)c(F)cc1[N+](=O)[O-])C(=O)O. The van der Waals surface area contributed by atoms with E-state index in [2.05, 4.69) is 0 Å². The molecule has 0 radical (unpaired) electrons. The van der Waals surface area contributed by atoms with E-state index >= 15 is 0 Å². The van der Waals surface area contributed by atoms with E-state index in [1.165, 1.54) is 0 Å². The molecule has 19 heavy (non-hydrogen) atoms. The number of nitro benzene ring substituents is 1. The average Bonchev–Trinajstić information content (AvgIpc) is 2.31. The van der Waals surface area contributed by atoms with Crippen molar-refractivity contribution in [1.82, 2.24) is 5.32 Å². The van der Waals surface area contributed by atoms with Crippen LogP contribution in [-0.2, 0) is 4.79 Å². The highest BCUT2D eigenvalue weighted by atomic mass is 19.2. The van der Waals surface area contributed by atoms with Crippen molar-refractivity contribution in [3.63, 3.8) is 0 Å². The van der Waals surface area contributed by atoms with Gasteiger partial charge in [-0.3, -0.25) is 19.7 Å². The van der Waals surface area contributed by atoms with Crippen molar-refractivity contribution >= 4 is 17.6 Å². The lowest BCUT2D eigenvalue weighted by atomic mass is 10.1. The largest absolute Gasteiger partial charge is 0.480 e. The van der Waals surface area contributed by atoms with E-state index in [4.69, 9.17) is 5.11 Å². The Balaban J connectivity index is 3.18. The highest BCUT2D eigenvalue weighted by Crippen LogP contribution is 2.22. The van der Waals surface area contributed by atoms with E-state index in [9.17, 15) is 28.5 Å². The highest BCUT2D eigenvalue weighted by molar-refractivity contribution is 5.99. The molecule has 0 saturated heterocycles. The number of aliphatic carboxylic acids is 1. The van der Waals surface area contributed by atoms with Gasteiger partial charge in [-0.1, -0.05) is 0 Å². The summed E-state index contributed by atoms with van der Waals surface area (Å²) < 4.78 is 25.9. The minimum atomic E-state index is -1.48.